The van der Waals surface area contributed by atoms with E-state index in [9.17, 15) is 0 Å². The van der Waals surface area contributed by atoms with Gasteiger partial charge in [0.25, 0.3) is 0 Å². The molecule has 0 heterocycles. The molecule has 0 aromatic heterocycles. The van der Waals surface area contributed by atoms with E-state index in [1.165, 1.54) is 19.6 Å². The van der Waals surface area contributed by atoms with E-state index < -0.39 is 0 Å². The molecule has 1 nitrogen and oxygen atoms in total. The van der Waals surface area contributed by atoms with Crippen LogP contribution < -0.4 is 0 Å². The Morgan fingerprint density at radius 2 is 0.900 bits per heavy atom. The smallest absolute Gasteiger partial charge is 0 e. The van der Waals surface area contributed by atoms with Crippen LogP contribution in [0.4, 0.5) is 0 Å². The van der Waals surface area contributed by atoms with Crippen molar-refractivity contribution in [2.24, 2.45) is 0 Å². The Labute approximate surface area is 132 Å². The number of hydrogen-bond donors (Lipinski definition) is 0. The van der Waals surface area contributed by atoms with Crippen molar-refractivity contribution in [3.8, 4) is 0 Å². The Morgan fingerprint density at radius 3 is 0.900 bits per heavy atom. The van der Waals surface area contributed by atoms with Gasteiger partial charge in [0.1, 0.15) is 0 Å². The van der Waals surface area contributed by atoms with Gasteiger partial charge in [-0.3, -0.25) is 0 Å². The molecule has 0 amide bonds. The van der Waals surface area contributed by atoms with E-state index in [2.05, 4.69) is 25.7 Å². The summed E-state index contributed by atoms with van der Waals surface area (Å²) in [5, 5.41) is 0. The molecule has 0 saturated heterocycles. The van der Waals surface area contributed by atoms with E-state index >= 15 is 0 Å². The van der Waals surface area contributed by atoms with Crippen molar-refractivity contribution in [2.75, 3.05) is 19.6 Å². The fourth-order valence-electron chi connectivity index (χ4n) is 0.671. The van der Waals surface area contributed by atoms with Gasteiger partial charge in [0.15, 0.2) is 0 Å². The molecule has 3 radical (unpaired) electrons. The molecule has 0 aromatic carbocycles. The van der Waals surface area contributed by atoms with Crippen LogP contribution in [0, 0.1) is 0 Å². The van der Waals surface area contributed by atoms with Crippen molar-refractivity contribution in [3.63, 3.8) is 0 Å². The molecule has 0 saturated carbocycles. The van der Waals surface area contributed by atoms with E-state index in [0.717, 1.165) is 0 Å². The molecule has 0 aliphatic heterocycles. The second kappa shape index (κ2) is 17.9. The molecule has 4 heteroatoms. The van der Waals surface area contributed by atoms with Crippen molar-refractivity contribution in [1.82, 2.24) is 4.90 Å². The minimum Gasteiger partial charge on any atom is -0.304 e. The van der Waals surface area contributed by atoms with Crippen molar-refractivity contribution >= 4 is 88.7 Å². The zero-order chi connectivity index (χ0) is 5.70. The standard InChI is InChI=1S/C6H15N.3Na/c1-4-7(5-2)6-3;;;/h4-6H2,1-3H3;;;. The van der Waals surface area contributed by atoms with Gasteiger partial charge in [-0.25, -0.2) is 0 Å². The van der Waals surface area contributed by atoms with Gasteiger partial charge < -0.3 is 4.90 Å². The Morgan fingerprint density at radius 1 is 0.700 bits per heavy atom. The number of hydrogen-bond acceptors (Lipinski definition) is 1. The van der Waals surface area contributed by atoms with E-state index in [4.69, 9.17) is 0 Å². The Bertz CT molecular complexity index is 34.5. The number of rotatable bonds is 3. The summed E-state index contributed by atoms with van der Waals surface area (Å²) in [6.07, 6.45) is 0. The molecule has 0 rings (SSSR count). The molecular formula is C6H15NNa3. The first-order valence-electron chi connectivity index (χ1n) is 3.07. The molecule has 0 aliphatic carbocycles. The second-order valence-electron chi connectivity index (χ2n) is 1.62. The van der Waals surface area contributed by atoms with Crippen LogP contribution in [0.15, 0.2) is 0 Å². The summed E-state index contributed by atoms with van der Waals surface area (Å²) in [5.41, 5.74) is 0. The molecule has 10 heavy (non-hydrogen) atoms. The third-order valence-electron chi connectivity index (χ3n) is 1.34. The molecule has 0 aromatic rings. The molecule has 47 valence electrons. The molecule has 0 N–H and O–H groups in total. The van der Waals surface area contributed by atoms with Gasteiger partial charge in [-0.15, -0.1) is 0 Å². The van der Waals surface area contributed by atoms with E-state index in [0.29, 0.717) is 0 Å². The fraction of sp³-hybridized carbons (Fsp3) is 1.00. The molecule has 0 spiro atoms. The Kier molecular flexibility index (Phi) is 41.3. The fourth-order valence-corrected chi connectivity index (χ4v) is 0.671. The maximum absolute atomic E-state index is 2.38. The first-order valence-corrected chi connectivity index (χ1v) is 3.07. The molecule has 0 fully saturated rings. The van der Waals surface area contributed by atoms with Crippen molar-refractivity contribution < 1.29 is 0 Å². The summed E-state index contributed by atoms with van der Waals surface area (Å²) in [4.78, 5) is 2.38. The van der Waals surface area contributed by atoms with Crippen LogP contribution >= 0.6 is 0 Å². The average molecular weight is 170 g/mol. The largest absolute Gasteiger partial charge is 0.304 e. The molecular weight excluding hydrogens is 155 g/mol. The maximum atomic E-state index is 2.38. The Hall–Kier alpha value is 2.96. The van der Waals surface area contributed by atoms with Crippen molar-refractivity contribution in [3.05, 3.63) is 0 Å². The zero-order valence-corrected chi connectivity index (χ0v) is 14.6. The first-order chi connectivity index (χ1) is 3.35. The first kappa shape index (κ1) is 23.1. The minimum absolute atomic E-state index is 0. The van der Waals surface area contributed by atoms with Crippen LogP contribution in [-0.4, -0.2) is 113 Å². The van der Waals surface area contributed by atoms with E-state index in [1.54, 1.807) is 0 Å². The predicted molar refractivity (Wildman–Crippen MR) is 50.7 cm³/mol. The van der Waals surface area contributed by atoms with Gasteiger partial charge in [-0.2, -0.15) is 0 Å². The summed E-state index contributed by atoms with van der Waals surface area (Å²) in [6, 6.07) is 0. The zero-order valence-electron chi connectivity index (χ0n) is 8.57. The van der Waals surface area contributed by atoms with Crippen molar-refractivity contribution in [2.45, 2.75) is 20.8 Å². The average Bonchev–Trinajstić information content (AvgIpc) is 1.72. The molecule has 0 atom stereocenters. The van der Waals surface area contributed by atoms with Crippen LogP contribution in [0.5, 0.6) is 0 Å². The normalized spacial score (nSPS) is 7.20. The van der Waals surface area contributed by atoms with Gasteiger partial charge in [-0.1, -0.05) is 20.8 Å². The molecule has 0 unspecified atom stereocenters. The van der Waals surface area contributed by atoms with Gasteiger partial charge in [-0.05, 0) is 19.6 Å². The molecule has 0 bridgehead atoms. The van der Waals surface area contributed by atoms with Gasteiger partial charge in [0.05, 0.1) is 0 Å². The summed E-state index contributed by atoms with van der Waals surface area (Å²) in [6.45, 7) is 10.1. The summed E-state index contributed by atoms with van der Waals surface area (Å²) < 4.78 is 0. The van der Waals surface area contributed by atoms with Crippen LogP contribution in [0.1, 0.15) is 20.8 Å². The monoisotopic (exact) mass is 170 g/mol. The third-order valence-corrected chi connectivity index (χ3v) is 1.34. The van der Waals surface area contributed by atoms with Crippen LogP contribution in [0.3, 0.4) is 0 Å². The van der Waals surface area contributed by atoms with Crippen LogP contribution in [0.25, 0.3) is 0 Å². The van der Waals surface area contributed by atoms with Crippen LogP contribution in [0.2, 0.25) is 0 Å². The molecule has 0 aliphatic rings. The number of nitrogens with zero attached hydrogens (tertiary/aromatic N) is 1. The summed E-state index contributed by atoms with van der Waals surface area (Å²) >= 11 is 0. The summed E-state index contributed by atoms with van der Waals surface area (Å²) in [7, 11) is 0. The quantitative estimate of drug-likeness (QED) is 0.547. The van der Waals surface area contributed by atoms with Gasteiger partial charge >= 0.3 is 0 Å². The predicted octanol–water partition coefficient (Wildman–Crippen LogP) is 0.206. The maximum Gasteiger partial charge on any atom is 0 e. The SMILES string of the molecule is CCN(CC)CC.[Na].[Na].[Na]. The Balaban J connectivity index is -0.0000000600. The third kappa shape index (κ3) is 13.5. The van der Waals surface area contributed by atoms with Gasteiger partial charge in [0.2, 0.25) is 0 Å². The topological polar surface area (TPSA) is 3.24 Å². The minimum atomic E-state index is 0. The van der Waals surface area contributed by atoms with Gasteiger partial charge in [0, 0.05) is 88.7 Å². The second-order valence-corrected chi connectivity index (χ2v) is 1.62. The van der Waals surface area contributed by atoms with E-state index in [-0.39, 0.29) is 88.7 Å². The van der Waals surface area contributed by atoms with Crippen molar-refractivity contribution in [1.29, 1.82) is 0 Å². The van der Waals surface area contributed by atoms with Crippen LogP contribution in [-0.2, 0) is 0 Å². The summed E-state index contributed by atoms with van der Waals surface area (Å²) in [5.74, 6) is 0. The van der Waals surface area contributed by atoms with E-state index in [1.807, 2.05) is 0 Å².